The van der Waals surface area contributed by atoms with Crippen molar-refractivity contribution in [3.8, 4) is 0 Å². The fourth-order valence-electron chi connectivity index (χ4n) is 2.64. The average molecular weight is 306 g/mol. The number of thiophene rings is 1. The molecule has 0 amide bonds. The summed E-state index contributed by atoms with van der Waals surface area (Å²) in [7, 11) is 0. The first-order valence-corrected chi connectivity index (χ1v) is 8.69. The maximum absolute atomic E-state index is 4.71. The first-order valence-electron chi connectivity index (χ1n) is 7.87. The maximum Gasteiger partial charge on any atom is 0.226 e. The largest absolute Gasteiger partial charge is 0.364 e. The lowest BCUT2D eigenvalue weighted by atomic mass is 9.90. The van der Waals surface area contributed by atoms with Gasteiger partial charge in [0, 0.05) is 17.0 Å². The summed E-state index contributed by atoms with van der Waals surface area (Å²) in [6.07, 6.45) is 3.27. The van der Waals surface area contributed by atoms with E-state index in [9.17, 15) is 0 Å². The number of hydrogen-bond donors (Lipinski definition) is 2. The molecule has 4 nitrogen and oxygen atoms in total. The Morgan fingerprint density at radius 2 is 1.76 bits per heavy atom. The van der Waals surface area contributed by atoms with E-state index in [2.05, 4.69) is 56.3 Å². The lowest BCUT2D eigenvalue weighted by Gasteiger charge is -2.32. The van der Waals surface area contributed by atoms with Crippen molar-refractivity contribution < 1.29 is 0 Å². The topological polar surface area (TPSA) is 49.8 Å². The molecule has 0 saturated heterocycles. The molecule has 0 aliphatic rings. The van der Waals surface area contributed by atoms with E-state index < -0.39 is 0 Å². The van der Waals surface area contributed by atoms with Gasteiger partial charge in [-0.25, -0.2) is 4.98 Å². The predicted octanol–water partition coefficient (Wildman–Crippen LogP) is 4.81. The molecule has 0 radical (unpaired) electrons. The fraction of sp³-hybridized carbons (Fsp3) is 0.625. The molecule has 0 bridgehead atoms. The Labute approximate surface area is 131 Å². The highest BCUT2D eigenvalue weighted by atomic mass is 32.1. The van der Waals surface area contributed by atoms with Crippen molar-refractivity contribution in [2.75, 3.05) is 17.2 Å². The number of nitrogens with one attached hydrogen (secondary N) is 2. The van der Waals surface area contributed by atoms with Gasteiger partial charge in [0.05, 0.1) is 5.39 Å². The van der Waals surface area contributed by atoms with Gasteiger partial charge in [-0.15, -0.1) is 11.3 Å². The SMILES string of the molecule is CCNc1nc(NC(CC)(CC)CC)c2cc(C)sc2n1. The first kappa shape index (κ1) is 16.0. The zero-order valence-corrected chi connectivity index (χ0v) is 14.5. The number of aromatic nitrogens is 2. The molecule has 0 aliphatic carbocycles. The third-order valence-corrected chi connectivity index (χ3v) is 5.21. The Hall–Kier alpha value is -1.36. The predicted molar refractivity (Wildman–Crippen MR) is 93.5 cm³/mol. The minimum atomic E-state index is 0.112. The molecule has 5 heteroatoms. The lowest BCUT2D eigenvalue weighted by Crippen LogP contribution is -2.36. The van der Waals surface area contributed by atoms with E-state index in [1.165, 1.54) is 4.88 Å². The first-order chi connectivity index (χ1) is 10.1. The standard InChI is InChI=1S/C16H26N4S/c1-6-16(7-2,8-3)20-13-12-10-11(5)21-14(12)19-15(18-13)17-9-4/h10H,6-9H2,1-5H3,(H2,17,18,19,20). The summed E-state index contributed by atoms with van der Waals surface area (Å²) in [4.78, 5) is 11.6. The summed E-state index contributed by atoms with van der Waals surface area (Å²) < 4.78 is 0. The Kier molecular flexibility index (Phi) is 5.04. The number of nitrogens with zero attached hydrogens (tertiary/aromatic N) is 2. The number of hydrogen-bond acceptors (Lipinski definition) is 5. The minimum absolute atomic E-state index is 0.112. The van der Waals surface area contributed by atoms with Crippen molar-refractivity contribution in [1.82, 2.24) is 9.97 Å². The van der Waals surface area contributed by atoms with Crippen LogP contribution in [-0.4, -0.2) is 22.1 Å². The molecule has 0 unspecified atom stereocenters. The van der Waals surface area contributed by atoms with Gasteiger partial charge in [0.2, 0.25) is 5.95 Å². The number of aryl methyl sites for hydroxylation is 1. The number of anilines is 2. The second-order valence-electron chi connectivity index (χ2n) is 5.47. The van der Waals surface area contributed by atoms with Crippen LogP contribution in [0, 0.1) is 6.92 Å². The van der Waals surface area contributed by atoms with Gasteiger partial charge in [-0.3, -0.25) is 0 Å². The Morgan fingerprint density at radius 1 is 1.10 bits per heavy atom. The summed E-state index contributed by atoms with van der Waals surface area (Å²) in [5.74, 6) is 1.68. The second-order valence-corrected chi connectivity index (χ2v) is 6.70. The van der Waals surface area contributed by atoms with E-state index in [0.29, 0.717) is 5.95 Å². The third-order valence-electron chi connectivity index (χ3n) is 4.26. The van der Waals surface area contributed by atoms with Crippen LogP contribution in [0.2, 0.25) is 0 Å². The van der Waals surface area contributed by atoms with Crippen LogP contribution < -0.4 is 10.6 Å². The summed E-state index contributed by atoms with van der Waals surface area (Å²) >= 11 is 1.72. The van der Waals surface area contributed by atoms with Crippen LogP contribution in [0.1, 0.15) is 51.8 Å². The molecule has 0 aromatic carbocycles. The van der Waals surface area contributed by atoms with Crippen LogP contribution in [0.25, 0.3) is 10.2 Å². The molecule has 2 aromatic rings. The molecule has 2 N–H and O–H groups in total. The number of rotatable bonds is 7. The third kappa shape index (κ3) is 3.28. The molecular weight excluding hydrogens is 280 g/mol. The highest BCUT2D eigenvalue weighted by Gasteiger charge is 2.25. The van der Waals surface area contributed by atoms with Crippen LogP contribution in [0.15, 0.2) is 6.07 Å². The van der Waals surface area contributed by atoms with Gasteiger partial charge in [-0.05, 0) is 39.2 Å². The van der Waals surface area contributed by atoms with E-state index >= 15 is 0 Å². The van der Waals surface area contributed by atoms with Crippen LogP contribution in [0.4, 0.5) is 11.8 Å². The van der Waals surface area contributed by atoms with E-state index in [0.717, 1.165) is 41.8 Å². The van der Waals surface area contributed by atoms with Gasteiger partial charge in [0.1, 0.15) is 10.6 Å². The summed E-state index contributed by atoms with van der Waals surface area (Å²) in [6, 6.07) is 2.18. The molecule has 2 heterocycles. The van der Waals surface area contributed by atoms with Gasteiger partial charge in [-0.1, -0.05) is 20.8 Å². The lowest BCUT2D eigenvalue weighted by molar-refractivity contribution is 0.419. The van der Waals surface area contributed by atoms with Crippen molar-refractivity contribution in [3.63, 3.8) is 0 Å². The van der Waals surface area contributed by atoms with Gasteiger partial charge >= 0.3 is 0 Å². The molecule has 0 spiro atoms. The normalized spacial score (nSPS) is 11.9. The summed E-state index contributed by atoms with van der Waals surface area (Å²) in [6.45, 7) is 11.7. The van der Waals surface area contributed by atoms with Crippen LogP contribution in [0.5, 0.6) is 0 Å². The van der Waals surface area contributed by atoms with Gasteiger partial charge < -0.3 is 10.6 Å². The molecule has 0 atom stereocenters. The highest BCUT2D eigenvalue weighted by molar-refractivity contribution is 7.18. The zero-order chi connectivity index (χ0) is 15.5. The van der Waals surface area contributed by atoms with Crippen molar-refractivity contribution in [2.24, 2.45) is 0 Å². The molecular formula is C16H26N4S. The van der Waals surface area contributed by atoms with Crippen molar-refractivity contribution >= 4 is 33.3 Å². The van der Waals surface area contributed by atoms with E-state index in [1.54, 1.807) is 11.3 Å². The molecule has 21 heavy (non-hydrogen) atoms. The number of fused-ring (bicyclic) bond motifs is 1. The monoisotopic (exact) mass is 306 g/mol. The van der Waals surface area contributed by atoms with E-state index in [-0.39, 0.29) is 5.54 Å². The smallest absolute Gasteiger partial charge is 0.226 e. The Bertz CT molecular complexity index is 593. The Balaban J connectivity index is 2.49. The molecule has 2 rings (SSSR count). The van der Waals surface area contributed by atoms with Gasteiger partial charge in [0.15, 0.2) is 0 Å². The minimum Gasteiger partial charge on any atom is -0.364 e. The van der Waals surface area contributed by atoms with Crippen molar-refractivity contribution in [2.45, 2.75) is 59.4 Å². The quantitative estimate of drug-likeness (QED) is 0.770. The molecule has 0 saturated carbocycles. The van der Waals surface area contributed by atoms with Crippen molar-refractivity contribution in [3.05, 3.63) is 10.9 Å². The van der Waals surface area contributed by atoms with Gasteiger partial charge in [-0.2, -0.15) is 4.98 Å². The average Bonchev–Trinajstić information content (AvgIpc) is 2.86. The highest BCUT2D eigenvalue weighted by Crippen LogP contribution is 2.33. The van der Waals surface area contributed by atoms with Crippen LogP contribution >= 0.6 is 11.3 Å². The molecule has 116 valence electrons. The zero-order valence-electron chi connectivity index (χ0n) is 13.7. The van der Waals surface area contributed by atoms with Crippen LogP contribution in [0.3, 0.4) is 0 Å². The summed E-state index contributed by atoms with van der Waals surface area (Å²) in [5.41, 5.74) is 0.112. The van der Waals surface area contributed by atoms with Crippen molar-refractivity contribution in [1.29, 1.82) is 0 Å². The molecule has 0 aliphatic heterocycles. The summed E-state index contributed by atoms with van der Waals surface area (Å²) in [5, 5.41) is 8.08. The Morgan fingerprint density at radius 3 is 2.33 bits per heavy atom. The second kappa shape index (κ2) is 6.60. The molecule has 2 aromatic heterocycles. The maximum atomic E-state index is 4.71. The molecule has 0 fully saturated rings. The van der Waals surface area contributed by atoms with Crippen LogP contribution in [-0.2, 0) is 0 Å². The van der Waals surface area contributed by atoms with Gasteiger partial charge in [0.25, 0.3) is 0 Å². The fourth-order valence-corrected chi connectivity index (χ4v) is 3.52. The van der Waals surface area contributed by atoms with E-state index in [1.807, 2.05) is 0 Å². The van der Waals surface area contributed by atoms with E-state index in [4.69, 9.17) is 4.98 Å².